The fraction of sp³-hybridized carbons (Fsp3) is 0.214. The van der Waals surface area contributed by atoms with Gasteiger partial charge in [-0.05, 0) is 47.2 Å². The summed E-state index contributed by atoms with van der Waals surface area (Å²) >= 11 is 0. The number of para-hydroxylation sites is 1. The lowest BCUT2D eigenvalue weighted by Crippen LogP contribution is -2.51. The molecule has 0 atom stereocenters. The second-order valence-electron chi connectivity index (χ2n) is 8.85. The third-order valence-corrected chi connectivity index (χ3v) is 8.35. The molecule has 1 aliphatic rings. The highest BCUT2D eigenvalue weighted by atomic mass is 32.2. The minimum absolute atomic E-state index is 0.161. The van der Waals surface area contributed by atoms with Gasteiger partial charge >= 0.3 is 5.97 Å². The van der Waals surface area contributed by atoms with Crippen LogP contribution in [0.2, 0.25) is 0 Å². The highest BCUT2D eigenvalue weighted by molar-refractivity contribution is 7.89. The molecule has 0 spiro atoms. The van der Waals surface area contributed by atoms with Gasteiger partial charge in [0.25, 0.3) is 5.91 Å². The summed E-state index contributed by atoms with van der Waals surface area (Å²) in [4.78, 5) is 27.2. The number of furan rings is 1. The molecule has 2 heterocycles. The van der Waals surface area contributed by atoms with Gasteiger partial charge in [-0.15, -0.1) is 0 Å². The van der Waals surface area contributed by atoms with E-state index in [0.717, 1.165) is 10.8 Å². The zero-order valence-corrected chi connectivity index (χ0v) is 21.4. The van der Waals surface area contributed by atoms with Crippen LogP contribution in [0.1, 0.15) is 16.1 Å². The monoisotopic (exact) mass is 533 g/mol. The molecular weight excluding hydrogens is 506 g/mol. The first-order valence-corrected chi connectivity index (χ1v) is 13.6. The molecule has 0 saturated carbocycles. The van der Waals surface area contributed by atoms with Gasteiger partial charge in [0.1, 0.15) is 5.76 Å². The molecule has 0 radical (unpaired) electrons. The van der Waals surface area contributed by atoms with Gasteiger partial charge in [-0.1, -0.05) is 42.5 Å². The van der Waals surface area contributed by atoms with Crippen LogP contribution < -0.4 is 5.32 Å². The SMILES string of the molecule is O=C(OCC(=O)N1CCN(S(=O)(=O)c2ccc3ccccc3c2)CC1)c1ccccc1NCc1ccco1. The first kappa shape index (κ1) is 25.5. The van der Waals surface area contributed by atoms with E-state index in [2.05, 4.69) is 5.32 Å². The zero-order valence-electron chi connectivity index (χ0n) is 20.6. The summed E-state index contributed by atoms with van der Waals surface area (Å²) in [5.74, 6) is -0.286. The molecule has 0 unspecified atom stereocenters. The maximum Gasteiger partial charge on any atom is 0.340 e. The quantitative estimate of drug-likeness (QED) is 0.344. The highest BCUT2D eigenvalue weighted by Crippen LogP contribution is 2.23. The summed E-state index contributed by atoms with van der Waals surface area (Å²) in [6.07, 6.45) is 1.57. The summed E-state index contributed by atoms with van der Waals surface area (Å²) in [6, 6.07) is 23.1. The van der Waals surface area contributed by atoms with Crippen molar-refractivity contribution in [2.45, 2.75) is 11.4 Å². The Morgan fingerprint density at radius 1 is 0.868 bits per heavy atom. The Morgan fingerprint density at radius 3 is 2.37 bits per heavy atom. The van der Waals surface area contributed by atoms with Crippen LogP contribution in [0.15, 0.2) is 94.4 Å². The number of anilines is 1. The molecule has 0 bridgehead atoms. The lowest BCUT2D eigenvalue weighted by Gasteiger charge is -2.34. The van der Waals surface area contributed by atoms with Crippen LogP contribution in [0.25, 0.3) is 10.8 Å². The van der Waals surface area contributed by atoms with Crippen LogP contribution in [0.4, 0.5) is 5.69 Å². The molecule has 38 heavy (non-hydrogen) atoms. The van der Waals surface area contributed by atoms with Crippen molar-refractivity contribution in [2.75, 3.05) is 38.1 Å². The van der Waals surface area contributed by atoms with E-state index < -0.39 is 22.6 Å². The number of carbonyl (C=O) groups excluding carboxylic acids is 2. The van der Waals surface area contributed by atoms with E-state index in [1.807, 2.05) is 30.3 Å². The number of ether oxygens (including phenoxy) is 1. The predicted octanol–water partition coefficient (Wildman–Crippen LogP) is 3.73. The van der Waals surface area contributed by atoms with Crippen molar-refractivity contribution in [1.29, 1.82) is 0 Å². The largest absolute Gasteiger partial charge is 0.467 e. The van der Waals surface area contributed by atoms with Gasteiger partial charge in [-0.25, -0.2) is 13.2 Å². The molecule has 10 heteroatoms. The van der Waals surface area contributed by atoms with Crippen molar-refractivity contribution in [2.24, 2.45) is 0 Å². The van der Waals surface area contributed by atoms with Gasteiger partial charge in [0.05, 0.1) is 23.3 Å². The average Bonchev–Trinajstić information content (AvgIpc) is 3.48. The normalized spacial score (nSPS) is 14.4. The molecule has 1 amide bonds. The number of benzene rings is 3. The van der Waals surface area contributed by atoms with Crippen LogP contribution in [-0.4, -0.2) is 62.3 Å². The fourth-order valence-corrected chi connectivity index (χ4v) is 5.82. The summed E-state index contributed by atoms with van der Waals surface area (Å²) < 4.78 is 38.3. The summed E-state index contributed by atoms with van der Waals surface area (Å²) in [5, 5.41) is 4.95. The molecule has 1 fully saturated rings. The van der Waals surface area contributed by atoms with Crippen LogP contribution in [0, 0.1) is 0 Å². The van der Waals surface area contributed by atoms with E-state index in [0.29, 0.717) is 23.6 Å². The van der Waals surface area contributed by atoms with Crippen LogP contribution in [0.3, 0.4) is 0 Å². The fourth-order valence-electron chi connectivity index (χ4n) is 4.36. The summed E-state index contributed by atoms with van der Waals surface area (Å²) in [7, 11) is -3.69. The van der Waals surface area contributed by atoms with Crippen LogP contribution in [0.5, 0.6) is 0 Å². The highest BCUT2D eigenvalue weighted by Gasteiger charge is 2.30. The van der Waals surface area contributed by atoms with Crippen molar-refractivity contribution in [3.05, 3.63) is 96.4 Å². The number of rotatable bonds is 8. The Balaban J connectivity index is 1.15. The Kier molecular flexibility index (Phi) is 7.43. The Bertz CT molecular complexity index is 1540. The van der Waals surface area contributed by atoms with Crippen molar-refractivity contribution < 1.29 is 27.2 Å². The number of carbonyl (C=O) groups is 2. The molecule has 1 saturated heterocycles. The standard InChI is InChI=1S/C28H27N3O6S/c32-27(20-37-28(33)25-9-3-4-10-26(25)29-19-23-8-5-17-36-23)30-13-15-31(16-14-30)38(34,35)24-12-11-21-6-1-2-7-22(21)18-24/h1-12,17-18,29H,13-16,19-20H2. The van der Waals surface area contributed by atoms with E-state index in [1.165, 1.54) is 9.21 Å². The second-order valence-corrected chi connectivity index (χ2v) is 10.8. The molecule has 0 aliphatic carbocycles. The van der Waals surface area contributed by atoms with E-state index in [4.69, 9.17) is 9.15 Å². The minimum atomic E-state index is -3.69. The first-order valence-electron chi connectivity index (χ1n) is 12.2. The second kappa shape index (κ2) is 11.1. The van der Waals surface area contributed by atoms with Gasteiger partial charge in [-0.3, -0.25) is 4.79 Å². The van der Waals surface area contributed by atoms with Crippen molar-refractivity contribution in [3.63, 3.8) is 0 Å². The van der Waals surface area contributed by atoms with E-state index >= 15 is 0 Å². The molecule has 5 rings (SSSR count). The maximum absolute atomic E-state index is 13.2. The molecule has 1 N–H and O–H groups in total. The number of nitrogens with zero attached hydrogens (tertiary/aromatic N) is 2. The molecular formula is C28H27N3O6S. The van der Waals surface area contributed by atoms with Crippen molar-refractivity contribution in [1.82, 2.24) is 9.21 Å². The minimum Gasteiger partial charge on any atom is -0.467 e. The molecule has 196 valence electrons. The third kappa shape index (κ3) is 5.56. The van der Waals surface area contributed by atoms with Gasteiger partial charge < -0.3 is 19.4 Å². The van der Waals surface area contributed by atoms with Gasteiger partial charge in [0.15, 0.2) is 6.61 Å². The number of esters is 1. The maximum atomic E-state index is 13.2. The Morgan fingerprint density at radius 2 is 1.61 bits per heavy atom. The predicted molar refractivity (Wildman–Crippen MR) is 142 cm³/mol. The van der Waals surface area contributed by atoms with Crippen molar-refractivity contribution >= 4 is 38.4 Å². The lowest BCUT2D eigenvalue weighted by atomic mass is 10.1. The molecule has 1 aliphatic heterocycles. The van der Waals surface area contributed by atoms with Crippen molar-refractivity contribution in [3.8, 4) is 0 Å². The summed E-state index contributed by atoms with van der Waals surface area (Å²) in [5.41, 5.74) is 0.868. The smallest absolute Gasteiger partial charge is 0.340 e. The third-order valence-electron chi connectivity index (χ3n) is 6.46. The average molecular weight is 534 g/mol. The van der Waals surface area contributed by atoms with Gasteiger partial charge in [-0.2, -0.15) is 4.31 Å². The number of amides is 1. The number of fused-ring (bicyclic) bond motifs is 1. The molecule has 3 aromatic carbocycles. The van der Waals surface area contributed by atoms with E-state index in [9.17, 15) is 18.0 Å². The van der Waals surface area contributed by atoms with Crippen LogP contribution >= 0.6 is 0 Å². The number of sulfonamides is 1. The number of hydrogen-bond acceptors (Lipinski definition) is 7. The molecule has 1 aromatic heterocycles. The number of nitrogens with one attached hydrogen (secondary N) is 1. The van der Waals surface area contributed by atoms with Gasteiger partial charge in [0, 0.05) is 31.9 Å². The molecule has 4 aromatic rings. The Hall–Kier alpha value is -4.15. The van der Waals surface area contributed by atoms with E-state index in [1.54, 1.807) is 54.8 Å². The Labute approximate surface area is 220 Å². The topological polar surface area (TPSA) is 109 Å². The molecule has 9 nitrogen and oxygen atoms in total. The lowest BCUT2D eigenvalue weighted by molar-refractivity contribution is -0.135. The van der Waals surface area contributed by atoms with E-state index in [-0.39, 0.29) is 37.0 Å². The zero-order chi connectivity index (χ0) is 26.5. The summed E-state index contributed by atoms with van der Waals surface area (Å²) in [6.45, 7) is 0.711. The number of hydrogen-bond donors (Lipinski definition) is 1. The van der Waals surface area contributed by atoms with Gasteiger partial charge in [0.2, 0.25) is 10.0 Å². The van der Waals surface area contributed by atoms with Crippen LogP contribution in [-0.2, 0) is 26.1 Å². The number of piperazine rings is 1. The first-order chi connectivity index (χ1) is 18.4.